The van der Waals surface area contributed by atoms with Crippen molar-refractivity contribution in [3.05, 3.63) is 29.3 Å². The van der Waals surface area contributed by atoms with Gasteiger partial charge in [0.2, 0.25) is 0 Å². The van der Waals surface area contributed by atoms with E-state index in [1.807, 2.05) is 12.1 Å². The number of hydrogen-bond acceptors (Lipinski definition) is 5. The minimum absolute atomic E-state index is 0.105. The third-order valence-electron chi connectivity index (χ3n) is 3.88. The first-order valence-corrected chi connectivity index (χ1v) is 7.16. The molecule has 0 bridgehead atoms. The molecule has 1 heterocycles. The summed E-state index contributed by atoms with van der Waals surface area (Å²) in [5.41, 5.74) is 7.39. The fourth-order valence-corrected chi connectivity index (χ4v) is 2.61. The third kappa shape index (κ3) is 3.65. The molecule has 0 aromatic heterocycles. The first kappa shape index (κ1) is 15.6. The van der Waals surface area contributed by atoms with Crippen molar-refractivity contribution in [2.45, 2.75) is 25.9 Å². The van der Waals surface area contributed by atoms with Crippen molar-refractivity contribution in [2.24, 2.45) is 10.9 Å². The molecule has 1 aromatic carbocycles. The van der Waals surface area contributed by atoms with Crippen LogP contribution in [-0.2, 0) is 11.3 Å². The first-order valence-electron chi connectivity index (χ1n) is 7.16. The summed E-state index contributed by atoms with van der Waals surface area (Å²) < 4.78 is 11.0. The Hall–Kier alpha value is -1.79. The molecule has 1 aliphatic heterocycles. The van der Waals surface area contributed by atoms with Crippen molar-refractivity contribution >= 4 is 5.84 Å². The number of rotatable bonds is 5. The van der Waals surface area contributed by atoms with Crippen molar-refractivity contribution in [1.29, 1.82) is 0 Å². The fourth-order valence-electron chi connectivity index (χ4n) is 2.61. The Labute approximate surface area is 125 Å². The number of nitrogens with two attached hydrogens (primary N) is 1. The smallest absolute Gasteiger partial charge is 0.170 e. The summed E-state index contributed by atoms with van der Waals surface area (Å²) >= 11 is 0. The van der Waals surface area contributed by atoms with Gasteiger partial charge in [-0.05, 0) is 24.6 Å². The summed E-state index contributed by atoms with van der Waals surface area (Å²) in [7, 11) is 1.65. The standard InChI is InChI=1S/C15H23N3O3/c1-3-13-10-21-7-6-18(13)9-12-8-11(15(16)17-19)4-5-14(12)20-2/h4-5,8,13,19H,3,6-7,9-10H2,1-2H3,(H2,16,17). The van der Waals surface area contributed by atoms with Gasteiger partial charge in [0.05, 0.1) is 20.3 Å². The summed E-state index contributed by atoms with van der Waals surface area (Å²) in [5, 5.41) is 11.9. The average molecular weight is 293 g/mol. The van der Waals surface area contributed by atoms with Gasteiger partial charge in [-0.15, -0.1) is 0 Å². The van der Waals surface area contributed by atoms with Gasteiger partial charge in [-0.1, -0.05) is 12.1 Å². The van der Waals surface area contributed by atoms with Gasteiger partial charge >= 0.3 is 0 Å². The minimum Gasteiger partial charge on any atom is -0.496 e. The van der Waals surface area contributed by atoms with Crippen LogP contribution in [0.25, 0.3) is 0 Å². The Kier molecular flexibility index (Phi) is 5.41. The van der Waals surface area contributed by atoms with Crippen molar-refractivity contribution in [1.82, 2.24) is 4.90 Å². The topological polar surface area (TPSA) is 80.3 Å². The van der Waals surface area contributed by atoms with Crippen LogP contribution in [0.1, 0.15) is 24.5 Å². The molecule has 0 radical (unpaired) electrons. The van der Waals surface area contributed by atoms with Crippen LogP contribution in [0.2, 0.25) is 0 Å². The quantitative estimate of drug-likeness (QED) is 0.371. The van der Waals surface area contributed by atoms with Gasteiger partial charge in [-0.25, -0.2) is 0 Å². The lowest BCUT2D eigenvalue weighted by molar-refractivity contribution is -0.0129. The lowest BCUT2D eigenvalue weighted by Gasteiger charge is -2.35. The molecule has 0 spiro atoms. The van der Waals surface area contributed by atoms with E-state index in [0.717, 1.165) is 44.0 Å². The molecule has 1 aliphatic rings. The molecule has 1 atom stereocenters. The molecule has 3 N–H and O–H groups in total. The van der Waals surface area contributed by atoms with Crippen LogP contribution in [0.4, 0.5) is 0 Å². The predicted octanol–water partition coefficient (Wildman–Crippen LogP) is 1.40. The zero-order valence-corrected chi connectivity index (χ0v) is 12.6. The SMILES string of the molecule is CCC1COCCN1Cc1cc(/C(N)=N/O)ccc1OC. The minimum atomic E-state index is 0.105. The molecular weight excluding hydrogens is 270 g/mol. The summed E-state index contributed by atoms with van der Waals surface area (Å²) in [6.45, 7) is 5.33. The molecule has 1 aromatic rings. The molecule has 116 valence electrons. The first-order chi connectivity index (χ1) is 10.2. The van der Waals surface area contributed by atoms with E-state index in [0.29, 0.717) is 11.6 Å². The molecule has 6 nitrogen and oxygen atoms in total. The molecular formula is C15H23N3O3. The number of ether oxygens (including phenoxy) is 2. The Morgan fingerprint density at radius 3 is 3.05 bits per heavy atom. The largest absolute Gasteiger partial charge is 0.496 e. The predicted molar refractivity (Wildman–Crippen MR) is 80.8 cm³/mol. The summed E-state index contributed by atoms with van der Waals surface area (Å²) in [4.78, 5) is 2.39. The molecule has 0 aliphatic carbocycles. The Morgan fingerprint density at radius 2 is 2.38 bits per heavy atom. The zero-order chi connectivity index (χ0) is 15.2. The lowest BCUT2D eigenvalue weighted by Crippen LogP contribution is -2.44. The Balaban J connectivity index is 2.24. The highest BCUT2D eigenvalue weighted by atomic mass is 16.5. The maximum atomic E-state index is 8.81. The van der Waals surface area contributed by atoms with E-state index in [1.165, 1.54) is 0 Å². The summed E-state index contributed by atoms with van der Waals surface area (Å²) in [6, 6.07) is 5.96. The second-order valence-electron chi connectivity index (χ2n) is 5.12. The maximum Gasteiger partial charge on any atom is 0.170 e. The highest BCUT2D eigenvalue weighted by Gasteiger charge is 2.22. The van der Waals surface area contributed by atoms with E-state index in [4.69, 9.17) is 20.4 Å². The Bertz CT molecular complexity index is 505. The Morgan fingerprint density at radius 1 is 1.57 bits per heavy atom. The number of oxime groups is 1. The van der Waals surface area contributed by atoms with Crippen LogP contribution in [-0.4, -0.2) is 48.9 Å². The highest BCUT2D eigenvalue weighted by Crippen LogP contribution is 2.24. The number of hydrogen-bond donors (Lipinski definition) is 2. The van der Waals surface area contributed by atoms with E-state index in [2.05, 4.69) is 17.0 Å². The number of nitrogens with zero attached hydrogens (tertiary/aromatic N) is 2. The van der Waals surface area contributed by atoms with E-state index in [9.17, 15) is 0 Å². The third-order valence-corrected chi connectivity index (χ3v) is 3.88. The van der Waals surface area contributed by atoms with Gasteiger partial charge in [0.15, 0.2) is 5.84 Å². The van der Waals surface area contributed by atoms with Crippen LogP contribution in [0.3, 0.4) is 0 Å². The number of morpholine rings is 1. The molecule has 0 saturated carbocycles. The van der Waals surface area contributed by atoms with Crippen LogP contribution in [0, 0.1) is 0 Å². The van der Waals surface area contributed by atoms with Gasteiger partial charge in [-0.2, -0.15) is 0 Å². The second kappa shape index (κ2) is 7.28. The van der Waals surface area contributed by atoms with E-state index in [-0.39, 0.29) is 5.84 Å². The van der Waals surface area contributed by atoms with E-state index < -0.39 is 0 Å². The highest BCUT2D eigenvalue weighted by molar-refractivity contribution is 5.97. The van der Waals surface area contributed by atoms with Crippen molar-refractivity contribution in [2.75, 3.05) is 26.9 Å². The number of benzene rings is 1. The molecule has 1 fully saturated rings. The van der Waals surface area contributed by atoms with Crippen LogP contribution in [0.15, 0.2) is 23.4 Å². The van der Waals surface area contributed by atoms with Crippen LogP contribution in [0.5, 0.6) is 5.75 Å². The fraction of sp³-hybridized carbons (Fsp3) is 0.533. The molecule has 1 saturated heterocycles. The number of methoxy groups -OCH3 is 1. The molecule has 6 heteroatoms. The summed E-state index contributed by atoms with van der Waals surface area (Å²) in [6.07, 6.45) is 1.04. The van der Waals surface area contributed by atoms with E-state index >= 15 is 0 Å². The van der Waals surface area contributed by atoms with Gasteiger partial charge in [0.1, 0.15) is 5.75 Å². The van der Waals surface area contributed by atoms with Crippen LogP contribution < -0.4 is 10.5 Å². The number of amidine groups is 1. The normalized spacial score (nSPS) is 20.5. The van der Waals surface area contributed by atoms with Gasteiger partial charge in [-0.3, -0.25) is 4.90 Å². The van der Waals surface area contributed by atoms with Crippen molar-refractivity contribution < 1.29 is 14.7 Å². The monoisotopic (exact) mass is 293 g/mol. The van der Waals surface area contributed by atoms with Gasteiger partial charge < -0.3 is 20.4 Å². The molecule has 1 unspecified atom stereocenters. The van der Waals surface area contributed by atoms with Crippen molar-refractivity contribution in [3.63, 3.8) is 0 Å². The van der Waals surface area contributed by atoms with Crippen molar-refractivity contribution in [3.8, 4) is 5.75 Å². The lowest BCUT2D eigenvalue weighted by atomic mass is 10.1. The second-order valence-corrected chi connectivity index (χ2v) is 5.12. The van der Waals surface area contributed by atoms with E-state index in [1.54, 1.807) is 13.2 Å². The zero-order valence-electron chi connectivity index (χ0n) is 12.6. The maximum absolute atomic E-state index is 8.81. The molecule has 21 heavy (non-hydrogen) atoms. The van der Waals surface area contributed by atoms with Gasteiger partial charge in [0, 0.05) is 30.3 Å². The average Bonchev–Trinajstić information content (AvgIpc) is 2.54. The van der Waals surface area contributed by atoms with Crippen LogP contribution >= 0.6 is 0 Å². The molecule has 0 amide bonds. The summed E-state index contributed by atoms with van der Waals surface area (Å²) in [5.74, 6) is 0.916. The molecule has 2 rings (SSSR count). The van der Waals surface area contributed by atoms with Gasteiger partial charge in [0.25, 0.3) is 0 Å².